The predicted molar refractivity (Wildman–Crippen MR) is 70.5 cm³/mol. The molecule has 0 spiro atoms. The second-order valence-electron chi connectivity index (χ2n) is 3.97. The number of alkyl halides is 2. The van der Waals surface area contributed by atoms with Crippen LogP contribution in [0.3, 0.4) is 0 Å². The van der Waals surface area contributed by atoms with E-state index >= 15 is 0 Å². The van der Waals surface area contributed by atoms with Crippen LogP contribution in [0.2, 0.25) is 0 Å². The van der Waals surface area contributed by atoms with Crippen LogP contribution >= 0.6 is 15.9 Å². The summed E-state index contributed by atoms with van der Waals surface area (Å²) in [6.45, 7) is 0. The van der Waals surface area contributed by atoms with E-state index in [2.05, 4.69) is 15.9 Å². The molecule has 0 saturated heterocycles. The zero-order chi connectivity index (χ0) is 14.0. The van der Waals surface area contributed by atoms with Gasteiger partial charge in [-0.25, -0.2) is 4.79 Å². The molecule has 19 heavy (non-hydrogen) atoms. The fraction of sp³-hybridized carbons (Fsp3) is 0.0714. The van der Waals surface area contributed by atoms with Gasteiger partial charge in [-0.2, -0.15) is 8.78 Å². The smallest absolute Gasteiger partial charge is 0.335 e. The maximum atomic E-state index is 14.3. The van der Waals surface area contributed by atoms with Crippen molar-refractivity contribution < 1.29 is 18.7 Å². The molecule has 0 aromatic heterocycles. The summed E-state index contributed by atoms with van der Waals surface area (Å²) in [6.07, 6.45) is 0. The van der Waals surface area contributed by atoms with Gasteiger partial charge in [0.2, 0.25) is 0 Å². The number of hydrogen-bond donors (Lipinski definition) is 1. The SMILES string of the molecule is O=C(O)c1cccc(C(F)(F)c2ccc(Br)cc2)c1. The molecule has 2 aromatic rings. The van der Waals surface area contributed by atoms with Crippen molar-refractivity contribution in [1.29, 1.82) is 0 Å². The molecule has 0 unspecified atom stereocenters. The van der Waals surface area contributed by atoms with Gasteiger partial charge in [-0.3, -0.25) is 0 Å². The highest BCUT2D eigenvalue weighted by Gasteiger charge is 2.34. The van der Waals surface area contributed by atoms with E-state index < -0.39 is 11.9 Å². The first kappa shape index (κ1) is 13.7. The number of hydrogen-bond acceptors (Lipinski definition) is 1. The van der Waals surface area contributed by atoms with Gasteiger partial charge in [-0.05, 0) is 24.3 Å². The summed E-state index contributed by atoms with van der Waals surface area (Å²) in [5, 5.41) is 8.83. The molecule has 2 nitrogen and oxygen atoms in total. The Hall–Kier alpha value is -1.75. The van der Waals surface area contributed by atoms with E-state index in [-0.39, 0.29) is 16.7 Å². The van der Waals surface area contributed by atoms with E-state index in [1.54, 1.807) is 0 Å². The first-order valence-corrected chi connectivity index (χ1v) is 6.18. The summed E-state index contributed by atoms with van der Waals surface area (Å²) >= 11 is 3.18. The first-order valence-electron chi connectivity index (χ1n) is 5.39. The number of benzene rings is 2. The fourth-order valence-corrected chi connectivity index (χ4v) is 1.94. The molecule has 0 fully saturated rings. The molecule has 0 atom stereocenters. The largest absolute Gasteiger partial charge is 0.478 e. The zero-order valence-corrected chi connectivity index (χ0v) is 11.2. The maximum absolute atomic E-state index is 14.3. The van der Waals surface area contributed by atoms with E-state index in [4.69, 9.17) is 5.11 Å². The lowest BCUT2D eigenvalue weighted by Crippen LogP contribution is -2.15. The Morgan fingerprint density at radius 3 is 2.26 bits per heavy atom. The Balaban J connectivity index is 2.46. The number of halogens is 3. The van der Waals surface area contributed by atoms with Crippen LogP contribution in [-0.2, 0) is 5.92 Å². The van der Waals surface area contributed by atoms with E-state index in [1.165, 1.54) is 42.5 Å². The van der Waals surface area contributed by atoms with Crippen molar-refractivity contribution in [3.8, 4) is 0 Å². The van der Waals surface area contributed by atoms with Crippen LogP contribution in [0.1, 0.15) is 21.5 Å². The van der Waals surface area contributed by atoms with Gasteiger partial charge in [0, 0.05) is 15.6 Å². The van der Waals surface area contributed by atoms with Gasteiger partial charge in [0.15, 0.2) is 0 Å². The highest BCUT2D eigenvalue weighted by Crippen LogP contribution is 2.36. The third kappa shape index (κ3) is 2.81. The Labute approximate surface area is 116 Å². The van der Waals surface area contributed by atoms with Crippen LogP contribution in [0.4, 0.5) is 8.78 Å². The van der Waals surface area contributed by atoms with E-state index in [0.29, 0.717) is 4.47 Å². The lowest BCUT2D eigenvalue weighted by Gasteiger charge is -2.17. The molecule has 0 aliphatic heterocycles. The molecule has 5 heteroatoms. The molecule has 2 rings (SSSR count). The van der Waals surface area contributed by atoms with Crippen LogP contribution in [0.25, 0.3) is 0 Å². The van der Waals surface area contributed by atoms with Crippen LogP contribution < -0.4 is 0 Å². The van der Waals surface area contributed by atoms with E-state index in [0.717, 1.165) is 6.07 Å². The minimum Gasteiger partial charge on any atom is -0.478 e. The lowest BCUT2D eigenvalue weighted by atomic mass is 9.99. The molecule has 0 radical (unpaired) electrons. The van der Waals surface area contributed by atoms with Gasteiger partial charge < -0.3 is 5.11 Å². The summed E-state index contributed by atoms with van der Waals surface area (Å²) in [7, 11) is 0. The van der Waals surface area contributed by atoms with Crippen molar-refractivity contribution in [2.24, 2.45) is 0 Å². The molecular formula is C14H9BrF2O2. The van der Waals surface area contributed by atoms with Crippen molar-refractivity contribution >= 4 is 21.9 Å². The number of carbonyl (C=O) groups is 1. The standard InChI is InChI=1S/C14H9BrF2O2/c15-12-6-4-10(5-7-12)14(16,17)11-3-1-2-9(8-11)13(18)19/h1-8H,(H,18,19). The minimum atomic E-state index is -3.23. The fourth-order valence-electron chi connectivity index (χ4n) is 1.67. The number of carboxylic acid groups (broad SMARTS) is 1. The topological polar surface area (TPSA) is 37.3 Å². The van der Waals surface area contributed by atoms with Crippen molar-refractivity contribution in [1.82, 2.24) is 0 Å². The van der Waals surface area contributed by atoms with Crippen molar-refractivity contribution in [3.05, 3.63) is 69.7 Å². The Morgan fingerprint density at radius 1 is 1.05 bits per heavy atom. The monoisotopic (exact) mass is 326 g/mol. The normalized spacial score (nSPS) is 11.3. The average Bonchev–Trinajstić information content (AvgIpc) is 2.39. The Bertz CT molecular complexity index is 609. The van der Waals surface area contributed by atoms with Crippen LogP contribution in [0, 0.1) is 0 Å². The Morgan fingerprint density at radius 2 is 1.68 bits per heavy atom. The quantitative estimate of drug-likeness (QED) is 0.913. The molecule has 0 bridgehead atoms. The summed E-state index contributed by atoms with van der Waals surface area (Å²) in [4.78, 5) is 10.8. The second-order valence-corrected chi connectivity index (χ2v) is 4.88. The molecule has 0 amide bonds. The summed E-state index contributed by atoms with van der Waals surface area (Å²) < 4.78 is 29.2. The van der Waals surface area contributed by atoms with Gasteiger partial charge in [-0.15, -0.1) is 0 Å². The van der Waals surface area contributed by atoms with Crippen LogP contribution in [-0.4, -0.2) is 11.1 Å². The zero-order valence-electron chi connectivity index (χ0n) is 9.61. The van der Waals surface area contributed by atoms with E-state index in [9.17, 15) is 13.6 Å². The first-order chi connectivity index (χ1) is 8.91. The van der Waals surface area contributed by atoms with Crippen LogP contribution in [0.15, 0.2) is 53.0 Å². The third-order valence-corrected chi connectivity index (χ3v) is 3.21. The Kier molecular flexibility index (Phi) is 3.66. The molecular weight excluding hydrogens is 318 g/mol. The van der Waals surface area contributed by atoms with Crippen molar-refractivity contribution in [2.75, 3.05) is 0 Å². The van der Waals surface area contributed by atoms with Gasteiger partial charge in [0.05, 0.1) is 5.56 Å². The molecule has 1 N–H and O–H groups in total. The number of rotatable bonds is 3. The van der Waals surface area contributed by atoms with Gasteiger partial charge in [0.1, 0.15) is 0 Å². The summed E-state index contributed by atoms with van der Waals surface area (Å²) in [6, 6.07) is 10.4. The summed E-state index contributed by atoms with van der Waals surface area (Å²) in [5.41, 5.74) is -0.678. The van der Waals surface area contributed by atoms with Crippen molar-refractivity contribution in [2.45, 2.75) is 5.92 Å². The highest BCUT2D eigenvalue weighted by molar-refractivity contribution is 9.10. The predicted octanol–water partition coefficient (Wildman–Crippen LogP) is 4.29. The molecule has 0 aliphatic carbocycles. The molecule has 98 valence electrons. The minimum absolute atomic E-state index is 0.158. The summed E-state index contributed by atoms with van der Waals surface area (Å²) in [5.74, 6) is -4.46. The van der Waals surface area contributed by atoms with Crippen LogP contribution in [0.5, 0.6) is 0 Å². The molecule has 0 heterocycles. The number of carboxylic acids is 1. The van der Waals surface area contributed by atoms with Crippen molar-refractivity contribution in [3.63, 3.8) is 0 Å². The molecule has 0 saturated carbocycles. The average molecular weight is 327 g/mol. The second kappa shape index (κ2) is 5.09. The maximum Gasteiger partial charge on any atom is 0.335 e. The highest BCUT2D eigenvalue weighted by atomic mass is 79.9. The van der Waals surface area contributed by atoms with Gasteiger partial charge in [0.25, 0.3) is 5.92 Å². The number of aromatic carboxylic acids is 1. The third-order valence-electron chi connectivity index (χ3n) is 2.68. The molecule has 0 aliphatic rings. The van der Waals surface area contributed by atoms with Gasteiger partial charge >= 0.3 is 5.97 Å². The van der Waals surface area contributed by atoms with E-state index in [1.807, 2.05) is 0 Å². The van der Waals surface area contributed by atoms with Gasteiger partial charge in [-0.1, -0.05) is 40.2 Å². The lowest BCUT2D eigenvalue weighted by molar-refractivity contribution is 0.0427. The molecule has 2 aromatic carbocycles.